The lowest BCUT2D eigenvalue weighted by Gasteiger charge is -2.33. The Bertz CT molecular complexity index is 754. The minimum atomic E-state index is -2.42. The highest BCUT2D eigenvalue weighted by Gasteiger charge is 2.47. The SMILES string of the molecule is CC1=C(c2ccccc2F)C=CC(F)(C2=NNC(=O)CC2)C1F. The van der Waals surface area contributed by atoms with Gasteiger partial charge in [-0.05, 0) is 30.2 Å². The Morgan fingerprint density at radius 3 is 2.70 bits per heavy atom. The first kappa shape index (κ1) is 15.5. The second kappa shape index (κ2) is 5.68. The van der Waals surface area contributed by atoms with E-state index in [1.807, 2.05) is 0 Å². The Hall–Kier alpha value is -2.37. The summed E-state index contributed by atoms with van der Waals surface area (Å²) in [5.41, 5.74) is 0.335. The first-order valence-electron chi connectivity index (χ1n) is 7.27. The lowest BCUT2D eigenvalue weighted by molar-refractivity contribution is -0.121. The Kier molecular flexibility index (Phi) is 3.83. The Morgan fingerprint density at radius 1 is 1.30 bits per heavy atom. The molecule has 120 valence electrons. The van der Waals surface area contributed by atoms with Crippen molar-refractivity contribution in [2.75, 3.05) is 0 Å². The summed E-state index contributed by atoms with van der Waals surface area (Å²) in [5, 5.41) is 3.66. The second-order valence-corrected chi connectivity index (χ2v) is 5.63. The van der Waals surface area contributed by atoms with Gasteiger partial charge in [0.1, 0.15) is 5.82 Å². The molecule has 6 heteroatoms. The molecule has 0 radical (unpaired) electrons. The number of hydrogen-bond acceptors (Lipinski definition) is 2. The van der Waals surface area contributed by atoms with E-state index in [0.717, 1.165) is 6.08 Å². The molecule has 0 fully saturated rings. The summed E-state index contributed by atoms with van der Waals surface area (Å²) in [6, 6.07) is 5.97. The van der Waals surface area contributed by atoms with Crippen LogP contribution in [0.3, 0.4) is 0 Å². The third kappa shape index (κ3) is 2.58. The smallest absolute Gasteiger partial charge is 0.240 e. The van der Waals surface area contributed by atoms with Crippen LogP contribution in [-0.4, -0.2) is 23.5 Å². The van der Waals surface area contributed by atoms with Crippen LogP contribution < -0.4 is 5.43 Å². The molecule has 0 bridgehead atoms. The van der Waals surface area contributed by atoms with Crippen molar-refractivity contribution in [1.82, 2.24) is 5.43 Å². The summed E-state index contributed by atoms with van der Waals surface area (Å²) in [5.74, 6) is -0.820. The molecule has 1 aromatic rings. The normalized spacial score (nSPS) is 27.7. The molecule has 1 heterocycles. The molecule has 0 saturated carbocycles. The van der Waals surface area contributed by atoms with Crippen LogP contribution in [0.25, 0.3) is 5.57 Å². The van der Waals surface area contributed by atoms with Crippen LogP contribution in [0, 0.1) is 5.82 Å². The van der Waals surface area contributed by atoms with Crippen molar-refractivity contribution in [2.45, 2.75) is 31.6 Å². The lowest BCUT2D eigenvalue weighted by atomic mass is 9.79. The maximum Gasteiger partial charge on any atom is 0.240 e. The average molecular weight is 320 g/mol. The highest BCUT2D eigenvalue weighted by atomic mass is 19.2. The van der Waals surface area contributed by atoms with Crippen molar-refractivity contribution in [2.24, 2.45) is 5.10 Å². The molecule has 0 spiro atoms. The van der Waals surface area contributed by atoms with Crippen molar-refractivity contribution >= 4 is 17.2 Å². The summed E-state index contributed by atoms with van der Waals surface area (Å²) in [6.07, 6.45) is 0.561. The van der Waals surface area contributed by atoms with E-state index in [9.17, 15) is 13.6 Å². The number of nitrogens with zero attached hydrogens (tertiary/aromatic N) is 1. The van der Waals surface area contributed by atoms with Gasteiger partial charge in [-0.25, -0.2) is 18.6 Å². The Balaban J connectivity index is 1.99. The summed E-state index contributed by atoms with van der Waals surface area (Å²) >= 11 is 0. The number of rotatable bonds is 2. The van der Waals surface area contributed by atoms with Gasteiger partial charge in [0.25, 0.3) is 0 Å². The first-order chi connectivity index (χ1) is 10.9. The third-order valence-corrected chi connectivity index (χ3v) is 4.18. The number of amides is 1. The molecule has 1 N–H and O–H groups in total. The molecule has 0 aromatic heterocycles. The van der Waals surface area contributed by atoms with Crippen LogP contribution in [0.15, 0.2) is 47.1 Å². The van der Waals surface area contributed by atoms with Crippen molar-refractivity contribution in [3.8, 4) is 0 Å². The number of nitrogens with one attached hydrogen (secondary N) is 1. The van der Waals surface area contributed by atoms with Gasteiger partial charge in [-0.1, -0.05) is 24.3 Å². The molecule has 2 unspecified atom stereocenters. The highest BCUT2D eigenvalue weighted by Crippen LogP contribution is 2.39. The van der Waals surface area contributed by atoms with Crippen molar-refractivity contribution in [3.05, 3.63) is 53.4 Å². The van der Waals surface area contributed by atoms with E-state index < -0.39 is 17.7 Å². The average Bonchev–Trinajstić information content (AvgIpc) is 2.55. The topological polar surface area (TPSA) is 41.5 Å². The highest BCUT2D eigenvalue weighted by molar-refractivity contribution is 6.01. The molecule has 3 rings (SSSR count). The number of carbonyl (C=O) groups excluding carboxylic acids is 1. The van der Waals surface area contributed by atoms with Crippen LogP contribution in [0.4, 0.5) is 13.2 Å². The maximum atomic E-state index is 15.1. The molecule has 1 aliphatic carbocycles. The zero-order valence-electron chi connectivity index (χ0n) is 12.4. The van der Waals surface area contributed by atoms with Gasteiger partial charge in [-0.3, -0.25) is 4.79 Å². The van der Waals surface area contributed by atoms with E-state index >= 15 is 4.39 Å². The maximum absolute atomic E-state index is 15.1. The van der Waals surface area contributed by atoms with Gasteiger partial charge in [0.15, 0.2) is 6.17 Å². The van der Waals surface area contributed by atoms with E-state index in [2.05, 4.69) is 10.5 Å². The monoisotopic (exact) mass is 320 g/mol. The van der Waals surface area contributed by atoms with Crippen LogP contribution >= 0.6 is 0 Å². The van der Waals surface area contributed by atoms with Gasteiger partial charge in [0.2, 0.25) is 11.6 Å². The summed E-state index contributed by atoms with van der Waals surface area (Å²) < 4.78 is 43.8. The third-order valence-electron chi connectivity index (χ3n) is 4.18. The van der Waals surface area contributed by atoms with Gasteiger partial charge in [0, 0.05) is 18.4 Å². The molecular weight excluding hydrogens is 305 g/mol. The first-order valence-corrected chi connectivity index (χ1v) is 7.27. The summed E-state index contributed by atoms with van der Waals surface area (Å²) in [6.45, 7) is 1.44. The summed E-state index contributed by atoms with van der Waals surface area (Å²) in [7, 11) is 0. The quantitative estimate of drug-likeness (QED) is 0.890. The fourth-order valence-electron chi connectivity index (χ4n) is 2.85. The van der Waals surface area contributed by atoms with Gasteiger partial charge in [-0.2, -0.15) is 5.10 Å². The van der Waals surface area contributed by atoms with E-state index in [-0.39, 0.29) is 35.6 Å². The Morgan fingerprint density at radius 2 is 2.04 bits per heavy atom. The van der Waals surface area contributed by atoms with Crippen LogP contribution in [0.2, 0.25) is 0 Å². The fraction of sp³-hybridized carbons (Fsp3) is 0.294. The standard InChI is InChI=1S/C17H15F3N2O/c1-10-11(12-4-2-3-5-13(12)18)8-9-17(20,16(10)19)14-6-7-15(23)22-21-14/h2-5,8-9,16H,6-7H2,1H3,(H,22,23). The van der Waals surface area contributed by atoms with Crippen LogP contribution in [0.5, 0.6) is 0 Å². The summed E-state index contributed by atoms with van der Waals surface area (Å²) in [4.78, 5) is 11.1. The number of allylic oxidation sites excluding steroid dienone is 4. The van der Waals surface area contributed by atoms with E-state index in [0.29, 0.717) is 5.57 Å². The Labute approximate surface area is 131 Å². The number of benzene rings is 1. The number of carbonyl (C=O) groups is 1. The van der Waals surface area contributed by atoms with Gasteiger partial charge < -0.3 is 0 Å². The predicted molar refractivity (Wildman–Crippen MR) is 81.7 cm³/mol. The van der Waals surface area contributed by atoms with E-state index in [4.69, 9.17) is 0 Å². The van der Waals surface area contributed by atoms with Gasteiger partial charge in [0.05, 0.1) is 5.71 Å². The molecular formula is C17H15F3N2O. The lowest BCUT2D eigenvalue weighted by Crippen LogP contribution is -2.46. The largest absolute Gasteiger partial charge is 0.273 e. The van der Waals surface area contributed by atoms with Crippen molar-refractivity contribution in [1.29, 1.82) is 0 Å². The molecule has 1 aliphatic heterocycles. The second-order valence-electron chi connectivity index (χ2n) is 5.63. The molecule has 2 atom stereocenters. The van der Waals surface area contributed by atoms with Gasteiger partial charge in [-0.15, -0.1) is 0 Å². The molecule has 23 heavy (non-hydrogen) atoms. The van der Waals surface area contributed by atoms with Crippen LogP contribution in [-0.2, 0) is 4.79 Å². The molecule has 3 nitrogen and oxygen atoms in total. The van der Waals surface area contributed by atoms with E-state index in [1.54, 1.807) is 6.07 Å². The fourth-order valence-corrected chi connectivity index (χ4v) is 2.85. The molecule has 0 saturated heterocycles. The number of alkyl halides is 2. The zero-order valence-corrected chi connectivity index (χ0v) is 12.4. The predicted octanol–water partition coefficient (Wildman–Crippen LogP) is 3.48. The number of halogens is 3. The minimum absolute atomic E-state index is 0.0510. The van der Waals surface area contributed by atoms with Crippen molar-refractivity contribution < 1.29 is 18.0 Å². The van der Waals surface area contributed by atoms with Gasteiger partial charge >= 0.3 is 0 Å². The minimum Gasteiger partial charge on any atom is -0.273 e. The van der Waals surface area contributed by atoms with Crippen molar-refractivity contribution in [3.63, 3.8) is 0 Å². The molecule has 1 aromatic carbocycles. The zero-order chi connectivity index (χ0) is 16.6. The number of hydrazone groups is 1. The molecule has 2 aliphatic rings. The molecule has 1 amide bonds. The van der Waals surface area contributed by atoms with Crippen LogP contribution in [0.1, 0.15) is 25.3 Å². The van der Waals surface area contributed by atoms with E-state index in [1.165, 1.54) is 31.2 Å². The number of hydrogen-bond donors (Lipinski definition) is 1.